The van der Waals surface area contributed by atoms with Crippen LogP contribution in [0.1, 0.15) is 24.3 Å². The molecule has 0 atom stereocenters. The van der Waals surface area contributed by atoms with Gasteiger partial charge in [-0.1, -0.05) is 0 Å². The maximum Gasteiger partial charge on any atom is 0.358 e. The minimum atomic E-state index is -0.746. The van der Waals surface area contributed by atoms with Gasteiger partial charge in [-0.2, -0.15) is 0 Å². The van der Waals surface area contributed by atoms with E-state index >= 15 is 0 Å². The van der Waals surface area contributed by atoms with Crippen molar-refractivity contribution in [2.45, 2.75) is 20.4 Å². The van der Waals surface area contributed by atoms with Crippen LogP contribution in [0.5, 0.6) is 0 Å². The Hall–Kier alpha value is -0.920. The first-order valence-electron chi connectivity index (χ1n) is 4.68. The number of esters is 1. The highest BCUT2D eigenvalue weighted by molar-refractivity contribution is 14.1. The monoisotopic (exact) mass is 339 g/mol. The van der Waals surface area contributed by atoms with Gasteiger partial charge in [-0.05, 0) is 36.4 Å². The Labute approximate surface area is 106 Å². The number of carbonyl (C=O) groups excluding carboxylic acids is 2. The number of aromatic nitrogens is 1. The number of carbonyl (C=O) groups is 2. The largest absolute Gasteiger partial charge is 0.461 e. The minimum absolute atomic E-state index is 0.0337. The third-order valence-electron chi connectivity index (χ3n) is 1.84. The van der Waals surface area contributed by atoms with Gasteiger partial charge in [-0.25, -0.2) is 9.18 Å². The van der Waals surface area contributed by atoms with E-state index < -0.39 is 11.8 Å². The average Bonchev–Trinajstić information content (AvgIpc) is 2.41. The number of hydrogen-bond acceptors (Lipinski definition) is 3. The second kappa shape index (κ2) is 5.42. The molecule has 0 bridgehead atoms. The molecule has 16 heavy (non-hydrogen) atoms. The van der Waals surface area contributed by atoms with E-state index in [1.54, 1.807) is 29.5 Å². The van der Waals surface area contributed by atoms with Gasteiger partial charge in [0, 0.05) is 6.20 Å². The summed E-state index contributed by atoms with van der Waals surface area (Å²) in [6, 6.07) is 0. The van der Waals surface area contributed by atoms with E-state index in [0.717, 1.165) is 0 Å². The van der Waals surface area contributed by atoms with Crippen molar-refractivity contribution < 1.29 is 18.7 Å². The van der Waals surface area contributed by atoms with Crippen molar-refractivity contribution in [2.24, 2.45) is 0 Å². The molecule has 0 aromatic carbocycles. The van der Waals surface area contributed by atoms with Gasteiger partial charge < -0.3 is 9.30 Å². The molecule has 0 N–H and O–H groups in total. The molecule has 0 spiro atoms. The normalized spacial score (nSPS) is 10.2. The van der Waals surface area contributed by atoms with Crippen LogP contribution < -0.4 is 0 Å². The number of halogens is 2. The van der Waals surface area contributed by atoms with Gasteiger partial charge in [0.05, 0.1) is 16.7 Å². The predicted molar refractivity (Wildman–Crippen MR) is 63.7 cm³/mol. The summed E-state index contributed by atoms with van der Waals surface area (Å²) in [5, 5.41) is 0. The molecule has 0 aliphatic heterocycles. The highest BCUT2D eigenvalue weighted by Gasteiger charge is 2.22. The quantitative estimate of drug-likeness (QED) is 0.623. The number of Topliss-reactive ketones (excluding diaryl/α,β-unsaturated/α-hetero) is 1. The van der Waals surface area contributed by atoms with E-state index in [1.165, 1.54) is 17.7 Å². The number of ether oxygens (including phenoxy) is 1. The van der Waals surface area contributed by atoms with Crippen molar-refractivity contribution in [3.8, 4) is 0 Å². The first-order valence-corrected chi connectivity index (χ1v) is 5.76. The zero-order valence-electron chi connectivity index (χ0n) is 8.92. The van der Waals surface area contributed by atoms with Gasteiger partial charge in [0.1, 0.15) is 5.78 Å². The van der Waals surface area contributed by atoms with Gasteiger partial charge >= 0.3 is 5.97 Å². The van der Waals surface area contributed by atoms with E-state index in [2.05, 4.69) is 0 Å². The lowest BCUT2D eigenvalue weighted by Crippen LogP contribution is -2.16. The van der Waals surface area contributed by atoms with Crippen LogP contribution in [0.15, 0.2) is 6.20 Å². The first kappa shape index (κ1) is 13.1. The van der Waals surface area contributed by atoms with Gasteiger partial charge in [0.15, 0.2) is 11.5 Å². The zero-order valence-corrected chi connectivity index (χ0v) is 11.1. The summed E-state index contributed by atoms with van der Waals surface area (Å²) in [6.07, 6.45) is 1.42. The summed E-state index contributed by atoms with van der Waals surface area (Å²) < 4.78 is 19.9. The third kappa shape index (κ3) is 2.81. The summed E-state index contributed by atoms with van der Waals surface area (Å²) >= 11 is 1.76. The Bertz CT molecular complexity index is 428. The lowest BCUT2D eigenvalue weighted by molar-refractivity contribution is -0.117. The molecule has 88 valence electrons. The molecule has 0 amide bonds. The van der Waals surface area contributed by atoms with Gasteiger partial charge in [-0.15, -0.1) is 0 Å². The van der Waals surface area contributed by atoms with Gasteiger partial charge in [0.25, 0.3) is 0 Å². The van der Waals surface area contributed by atoms with E-state index in [1.807, 2.05) is 0 Å². The second-order valence-corrected chi connectivity index (χ2v) is 4.35. The highest BCUT2D eigenvalue weighted by atomic mass is 127. The second-order valence-electron chi connectivity index (χ2n) is 3.19. The third-order valence-corrected chi connectivity index (χ3v) is 2.59. The van der Waals surface area contributed by atoms with Crippen LogP contribution in [0.2, 0.25) is 0 Å². The van der Waals surface area contributed by atoms with Crippen molar-refractivity contribution in [1.82, 2.24) is 4.57 Å². The molecular formula is C10H11FINO3. The topological polar surface area (TPSA) is 48.3 Å². The first-order chi connectivity index (χ1) is 7.47. The summed E-state index contributed by atoms with van der Waals surface area (Å²) in [4.78, 5) is 22.5. The SMILES string of the molecule is CCOC(=O)c1c(F)c(I)cn1CC(C)=O. The van der Waals surface area contributed by atoms with Crippen LogP contribution >= 0.6 is 22.6 Å². The summed E-state index contributed by atoms with van der Waals surface area (Å²) in [7, 11) is 0. The molecule has 0 fully saturated rings. The Morgan fingerprint density at radius 2 is 2.19 bits per heavy atom. The number of rotatable bonds is 4. The fourth-order valence-electron chi connectivity index (χ4n) is 1.27. The maximum absolute atomic E-state index is 13.6. The fourth-order valence-corrected chi connectivity index (χ4v) is 1.86. The van der Waals surface area contributed by atoms with Crippen molar-refractivity contribution in [2.75, 3.05) is 6.61 Å². The summed E-state index contributed by atoms with van der Waals surface area (Å²) in [5.41, 5.74) is -0.193. The summed E-state index contributed by atoms with van der Waals surface area (Å²) in [5.74, 6) is -1.54. The van der Waals surface area contributed by atoms with Crippen LogP contribution in [0.3, 0.4) is 0 Å². The number of nitrogens with zero attached hydrogens (tertiary/aromatic N) is 1. The van der Waals surface area contributed by atoms with Crippen LogP contribution in [0.4, 0.5) is 4.39 Å². The number of hydrogen-bond donors (Lipinski definition) is 0. The van der Waals surface area contributed by atoms with Crippen molar-refractivity contribution in [1.29, 1.82) is 0 Å². The van der Waals surface area contributed by atoms with Crippen LogP contribution in [0, 0.1) is 9.39 Å². The Morgan fingerprint density at radius 1 is 1.56 bits per heavy atom. The Balaban J connectivity index is 3.13. The molecule has 1 aromatic rings. The van der Waals surface area contributed by atoms with Crippen molar-refractivity contribution in [3.63, 3.8) is 0 Å². The fraction of sp³-hybridized carbons (Fsp3) is 0.400. The molecule has 6 heteroatoms. The molecule has 4 nitrogen and oxygen atoms in total. The minimum Gasteiger partial charge on any atom is -0.461 e. The van der Waals surface area contributed by atoms with Crippen molar-refractivity contribution >= 4 is 34.3 Å². The molecule has 0 aliphatic rings. The van der Waals surface area contributed by atoms with Crippen molar-refractivity contribution in [3.05, 3.63) is 21.3 Å². The Morgan fingerprint density at radius 3 is 2.69 bits per heavy atom. The molecular weight excluding hydrogens is 328 g/mol. The Kier molecular flexibility index (Phi) is 4.45. The number of ketones is 1. The smallest absolute Gasteiger partial charge is 0.358 e. The summed E-state index contributed by atoms with van der Waals surface area (Å²) in [6.45, 7) is 3.15. The van der Waals surface area contributed by atoms with E-state index in [9.17, 15) is 14.0 Å². The van der Waals surface area contributed by atoms with Crippen LogP contribution in [0.25, 0.3) is 0 Å². The molecule has 1 heterocycles. The molecule has 0 aliphatic carbocycles. The molecule has 1 aromatic heterocycles. The van der Waals surface area contributed by atoms with Crippen LogP contribution in [-0.4, -0.2) is 22.9 Å². The lowest BCUT2D eigenvalue weighted by Gasteiger charge is -2.06. The molecule has 0 saturated heterocycles. The maximum atomic E-state index is 13.6. The molecule has 0 saturated carbocycles. The van der Waals surface area contributed by atoms with E-state index in [4.69, 9.17) is 4.74 Å². The van der Waals surface area contributed by atoms with E-state index in [-0.39, 0.29) is 24.6 Å². The molecule has 0 radical (unpaired) electrons. The zero-order chi connectivity index (χ0) is 12.3. The molecule has 1 rings (SSSR count). The highest BCUT2D eigenvalue weighted by Crippen LogP contribution is 2.18. The van der Waals surface area contributed by atoms with Gasteiger partial charge in [-0.3, -0.25) is 4.79 Å². The van der Waals surface area contributed by atoms with E-state index in [0.29, 0.717) is 3.57 Å². The standard InChI is InChI=1S/C10H11FINO3/c1-3-16-10(15)9-8(11)7(12)5-13(9)4-6(2)14/h5H,3-4H2,1-2H3. The average molecular weight is 339 g/mol. The lowest BCUT2D eigenvalue weighted by atomic mass is 10.4. The predicted octanol–water partition coefficient (Wildman–Crippen LogP) is 2.00. The van der Waals surface area contributed by atoms with Crippen LogP contribution in [-0.2, 0) is 16.1 Å². The van der Waals surface area contributed by atoms with Gasteiger partial charge in [0.2, 0.25) is 0 Å². The molecule has 0 unspecified atom stereocenters.